The predicted octanol–water partition coefficient (Wildman–Crippen LogP) is 2.68. The maximum atomic E-state index is 12.5. The van der Waals surface area contributed by atoms with E-state index in [4.69, 9.17) is 17.3 Å². The average Bonchev–Trinajstić information content (AvgIpc) is 2.87. The minimum atomic E-state index is -3.53. The van der Waals surface area contributed by atoms with Crippen molar-refractivity contribution in [3.8, 4) is 0 Å². The molecule has 0 saturated carbocycles. The van der Waals surface area contributed by atoms with Crippen LogP contribution in [0.5, 0.6) is 0 Å². The van der Waals surface area contributed by atoms with Crippen molar-refractivity contribution >= 4 is 33.0 Å². The molecule has 0 spiro atoms. The second-order valence-corrected chi connectivity index (χ2v) is 7.75. The second-order valence-electron chi connectivity index (χ2n) is 4.30. The molecule has 2 N–H and O–H groups in total. The molecule has 0 fully saturated rings. The van der Waals surface area contributed by atoms with Gasteiger partial charge in [0.25, 0.3) is 0 Å². The summed E-state index contributed by atoms with van der Waals surface area (Å²) in [5, 5.41) is 2.33. The Morgan fingerprint density at radius 1 is 1.35 bits per heavy atom. The van der Waals surface area contributed by atoms with Crippen LogP contribution in [0.4, 0.5) is 0 Å². The van der Waals surface area contributed by atoms with Gasteiger partial charge in [0.1, 0.15) is 0 Å². The number of thiophene rings is 1. The minimum Gasteiger partial charge on any atom is -0.326 e. The fourth-order valence-corrected chi connectivity index (χ4v) is 4.53. The molecule has 0 aliphatic rings. The van der Waals surface area contributed by atoms with E-state index in [1.807, 2.05) is 6.07 Å². The van der Waals surface area contributed by atoms with Crippen LogP contribution in [-0.4, -0.2) is 19.8 Å². The molecule has 1 aromatic carbocycles. The molecule has 0 amide bonds. The first-order valence-corrected chi connectivity index (χ1v) is 8.62. The van der Waals surface area contributed by atoms with Gasteiger partial charge in [-0.25, -0.2) is 8.42 Å². The van der Waals surface area contributed by atoms with Gasteiger partial charge in [0.15, 0.2) is 0 Å². The van der Waals surface area contributed by atoms with E-state index in [-0.39, 0.29) is 18.0 Å². The van der Waals surface area contributed by atoms with Crippen LogP contribution in [0, 0.1) is 0 Å². The largest absolute Gasteiger partial charge is 0.326 e. The highest BCUT2D eigenvalue weighted by molar-refractivity contribution is 7.89. The van der Waals surface area contributed by atoms with Gasteiger partial charge in [0, 0.05) is 30.0 Å². The molecule has 0 saturated heterocycles. The van der Waals surface area contributed by atoms with Gasteiger partial charge in [0.05, 0.1) is 4.90 Å². The van der Waals surface area contributed by atoms with E-state index < -0.39 is 10.0 Å². The molecule has 4 nitrogen and oxygen atoms in total. The number of benzene rings is 1. The van der Waals surface area contributed by atoms with Crippen LogP contribution in [0.1, 0.15) is 10.4 Å². The number of hydrogen-bond acceptors (Lipinski definition) is 4. The quantitative estimate of drug-likeness (QED) is 0.916. The summed E-state index contributed by atoms with van der Waals surface area (Å²) >= 11 is 7.26. The van der Waals surface area contributed by atoms with Gasteiger partial charge in [-0.1, -0.05) is 23.7 Å². The first kappa shape index (κ1) is 15.5. The molecular weight excluding hydrogens is 316 g/mol. The Kier molecular flexibility index (Phi) is 4.82. The molecule has 7 heteroatoms. The lowest BCUT2D eigenvalue weighted by molar-refractivity contribution is 0.466. The molecule has 0 radical (unpaired) electrons. The predicted molar refractivity (Wildman–Crippen MR) is 82.3 cm³/mol. The summed E-state index contributed by atoms with van der Waals surface area (Å²) in [6.45, 7) is 0.486. The molecular formula is C13H15ClN2O2S2. The van der Waals surface area contributed by atoms with Gasteiger partial charge >= 0.3 is 0 Å². The summed E-state index contributed by atoms with van der Waals surface area (Å²) in [7, 11) is -1.98. The smallest absolute Gasteiger partial charge is 0.244 e. The Balaban J connectivity index is 2.26. The molecule has 0 aliphatic heterocycles. The molecule has 1 heterocycles. The van der Waals surface area contributed by atoms with Crippen molar-refractivity contribution in [3.63, 3.8) is 0 Å². The van der Waals surface area contributed by atoms with Gasteiger partial charge in [-0.3, -0.25) is 0 Å². The third kappa shape index (κ3) is 3.21. The Hall–Kier alpha value is -0.920. The van der Waals surface area contributed by atoms with Crippen LogP contribution in [-0.2, 0) is 23.1 Å². The maximum Gasteiger partial charge on any atom is 0.244 e. The van der Waals surface area contributed by atoms with E-state index in [0.29, 0.717) is 9.90 Å². The highest BCUT2D eigenvalue weighted by atomic mass is 35.5. The topological polar surface area (TPSA) is 63.4 Å². The van der Waals surface area contributed by atoms with Crippen molar-refractivity contribution in [1.29, 1.82) is 0 Å². The molecule has 0 atom stereocenters. The lowest BCUT2D eigenvalue weighted by Gasteiger charge is -2.17. The number of halogens is 1. The maximum absolute atomic E-state index is 12.5. The summed E-state index contributed by atoms with van der Waals surface area (Å²) in [6.07, 6.45) is 0. The zero-order valence-electron chi connectivity index (χ0n) is 10.9. The normalized spacial score (nSPS) is 12.0. The van der Waals surface area contributed by atoms with E-state index in [2.05, 4.69) is 0 Å². The van der Waals surface area contributed by atoms with Crippen LogP contribution in [0.2, 0.25) is 5.02 Å². The third-order valence-electron chi connectivity index (χ3n) is 2.87. The van der Waals surface area contributed by atoms with Gasteiger partial charge in [-0.15, -0.1) is 11.3 Å². The standard InChI is InChI=1S/C13H15ClN2O2S2/c1-16(9-10-3-2-4-11(14)7-10)20(17,18)13-5-6-19-12(13)8-15/h2-7H,8-9,15H2,1H3. The molecule has 0 aliphatic carbocycles. The Morgan fingerprint density at radius 2 is 2.10 bits per heavy atom. The van der Waals surface area contributed by atoms with Crippen molar-refractivity contribution < 1.29 is 8.42 Å². The molecule has 2 aromatic rings. The minimum absolute atomic E-state index is 0.219. The number of nitrogens with two attached hydrogens (primary N) is 1. The van der Waals surface area contributed by atoms with Gasteiger partial charge in [0.2, 0.25) is 10.0 Å². The highest BCUT2D eigenvalue weighted by Gasteiger charge is 2.24. The average molecular weight is 331 g/mol. The van der Waals surface area contributed by atoms with Crippen LogP contribution < -0.4 is 5.73 Å². The first-order valence-electron chi connectivity index (χ1n) is 5.92. The van der Waals surface area contributed by atoms with Crippen LogP contribution in [0.3, 0.4) is 0 Å². The van der Waals surface area contributed by atoms with E-state index in [9.17, 15) is 8.42 Å². The van der Waals surface area contributed by atoms with Crippen molar-refractivity contribution in [3.05, 3.63) is 51.2 Å². The summed E-state index contributed by atoms with van der Waals surface area (Å²) in [5.41, 5.74) is 6.42. The fraction of sp³-hybridized carbons (Fsp3) is 0.231. The van der Waals surface area contributed by atoms with Crippen molar-refractivity contribution in [2.24, 2.45) is 5.73 Å². The van der Waals surface area contributed by atoms with Crippen LogP contribution in [0.15, 0.2) is 40.6 Å². The summed E-state index contributed by atoms with van der Waals surface area (Å²) in [4.78, 5) is 0.956. The fourth-order valence-electron chi connectivity index (χ4n) is 1.85. The van der Waals surface area contributed by atoms with Crippen LogP contribution >= 0.6 is 22.9 Å². The summed E-state index contributed by atoms with van der Waals surface area (Å²) < 4.78 is 26.3. The number of sulfonamides is 1. The van der Waals surface area contributed by atoms with Crippen molar-refractivity contribution in [1.82, 2.24) is 4.31 Å². The molecule has 108 valence electrons. The number of hydrogen-bond donors (Lipinski definition) is 1. The Bertz CT molecular complexity index is 698. The molecule has 1 aromatic heterocycles. The monoisotopic (exact) mass is 330 g/mol. The second kappa shape index (κ2) is 6.24. The van der Waals surface area contributed by atoms with Crippen molar-refractivity contribution in [2.75, 3.05) is 7.05 Å². The van der Waals surface area contributed by atoms with Gasteiger partial charge in [-0.05, 0) is 29.1 Å². The molecule has 2 rings (SSSR count). The first-order chi connectivity index (χ1) is 9.45. The molecule has 20 heavy (non-hydrogen) atoms. The Morgan fingerprint density at radius 3 is 2.75 bits per heavy atom. The summed E-state index contributed by atoms with van der Waals surface area (Å²) in [6, 6.07) is 8.75. The lowest BCUT2D eigenvalue weighted by atomic mass is 10.2. The SMILES string of the molecule is CN(Cc1cccc(Cl)c1)S(=O)(=O)c1ccsc1CN. The zero-order chi connectivity index (χ0) is 14.8. The van der Waals surface area contributed by atoms with E-state index in [1.165, 1.54) is 15.6 Å². The zero-order valence-corrected chi connectivity index (χ0v) is 13.3. The number of rotatable bonds is 5. The van der Waals surface area contributed by atoms with Gasteiger partial charge < -0.3 is 5.73 Å². The molecule has 0 bridgehead atoms. The van der Waals surface area contributed by atoms with Crippen LogP contribution in [0.25, 0.3) is 0 Å². The number of nitrogens with zero attached hydrogens (tertiary/aromatic N) is 1. The molecule has 0 unspecified atom stereocenters. The van der Waals surface area contributed by atoms with E-state index in [0.717, 1.165) is 5.56 Å². The lowest BCUT2D eigenvalue weighted by Crippen LogP contribution is -2.27. The third-order valence-corrected chi connectivity index (χ3v) is 6.07. The Labute approximate surface area is 127 Å². The summed E-state index contributed by atoms with van der Waals surface area (Å²) in [5.74, 6) is 0. The van der Waals surface area contributed by atoms with E-state index in [1.54, 1.807) is 36.7 Å². The highest BCUT2D eigenvalue weighted by Crippen LogP contribution is 2.25. The van der Waals surface area contributed by atoms with Gasteiger partial charge in [-0.2, -0.15) is 4.31 Å². The van der Waals surface area contributed by atoms with E-state index >= 15 is 0 Å². The van der Waals surface area contributed by atoms with Crippen molar-refractivity contribution in [2.45, 2.75) is 18.0 Å².